The van der Waals surface area contributed by atoms with Gasteiger partial charge in [0.15, 0.2) is 5.96 Å². The maximum absolute atomic E-state index is 6.08. The molecule has 1 N–H and O–H groups in total. The number of aliphatic imine (C=N–C) groups is 1. The minimum Gasteiger partial charge on any atom is -0.376 e. The molecular formula is C21H40IN3O2. The Bertz CT molecular complexity index is 416. The Balaban J connectivity index is 0.00000261. The lowest BCUT2D eigenvalue weighted by Gasteiger charge is -2.34. The van der Waals surface area contributed by atoms with Crippen LogP contribution in [0.4, 0.5) is 0 Å². The number of guanidine groups is 1. The number of rotatable bonds is 8. The second-order valence-corrected chi connectivity index (χ2v) is 8.28. The van der Waals surface area contributed by atoms with Crippen LogP contribution in [0.3, 0.4) is 0 Å². The van der Waals surface area contributed by atoms with Crippen molar-refractivity contribution in [3.8, 4) is 0 Å². The Labute approximate surface area is 183 Å². The highest BCUT2D eigenvalue weighted by Gasteiger charge is 2.24. The van der Waals surface area contributed by atoms with E-state index in [1.54, 1.807) is 0 Å². The lowest BCUT2D eigenvalue weighted by Crippen LogP contribution is -2.47. The molecule has 2 saturated heterocycles. The zero-order valence-corrected chi connectivity index (χ0v) is 19.5. The lowest BCUT2D eigenvalue weighted by atomic mass is 10.0. The summed E-state index contributed by atoms with van der Waals surface area (Å²) in [7, 11) is 1.90. The zero-order valence-electron chi connectivity index (χ0n) is 17.2. The van der Waals surface area contributed by atoms with E-state index in [9.17, 15) is 0 Å². The van der Waals surface area contributed by atoms with Crippen LogP contribution in [0.5, 0.6) is 0 Å². The Morgan fingerprint density at radius 1 is 1.07 bits per heavy atom. The third-order valence-corrected chi connectivity index (χ3v) is 6.29. The number of nitrogens with one attached hydrogen (secondary N) is 1. The molecule has 3 aliphatic rings. The number of likely N-dealkylation sites (tertiary alicyclic amines) is 1. The van der Waals surface area contributed by atoms with Crippen molar-refractivity contribution in [1.29, 1.82) is 0 Å². The van der Waals surface area contributed by atoms with Crippen LogP contribution >= 0.6 is 24.0 Å². The summed E-state index contributed by atoms with van der Waals surface area (Å²) in [6, 6.07) is 0. The maximum atomic E-state index is 6.08. The number of nitrogens with zero attached hydrogens (tertiary/aromatic N) is 2. The van der Waals surface area contributed by atoms with Crippen molar-refractivity contribution in [2.24, 2.45) is 10.9 Å². The summed E-state index contributed by atoms with van der Waals surface area (Å²) >= 11 is 0. The summed E-state index contributed by atoms with van der Waals surface area (Å²) in [5.74, 6) is 2.09. The van der Waals surface area contributed by atoms with Gasteiger partial charge in [0.25, 0.3) is 0 Å². The Morgan fingerprint density at radius 3 is 2.52 bits per heavy atom. The fourth-order valence-electron chi connectivity index (χ4n) is 4.64. The molecule has 0 spiro atoms. The number of piperidine rings is 1. The quantitative estimate of drug-likeness (QED) is 0.238. The molecule has 2 aliphatic heterocycles. The van der Waals surface area contributed by atoms with Gasteiger partial charge in [-0.3, -0.25) is 4.99 Å². The lowest BCUT2D eigenvalue weighted by molar-refractivity contribution is -0.0367. The maximum Gasteiger partial charge on any atom is 0.193 e. The summed E-state index contributed by atoms with van der Waals surface area (Å²) in [6.07, 6.45) is 15.2. The molecule has 158 valence electrons. The largest absolute Gasteiger partial charge is 0.376 e. The number of unbranched alkanes of at least 4 members (excludes halogenated alkanes) is 1. The van der Waals surface area contributed by atoms with E-state index in [-0.39, 0.29) is 24.0 Å². The van der Waals surface area contributed by atoms with Crippen LogP contribution in [0.1, 0.15) is 70.6 Å². The number of hydrogen-bond donors (Lipinski definition) is 1. The van der Waals surface area contributed by atoms with Gasteiger partial charge < -0.3 is 19.7 Å². The van der Waals surface area contributed by atoms with E-state index < -0.39 is 0 Å². The van der Waals surface area contributed by atoms with Gasteiger partial charge in [-0.25, -0.2) is 0 Å². The molecule has 27 heavy (non-hydrogen) atoms. The van der Waals surface area contributed by atoms with Crippen LogP contribution in [0.15, 0.2) is 4.99 Å². The van der Waals surface area contributed by atoms with Crippen molar-refractivity contribution in [2.75, 3.05) is 39.9 Å². The van der Waals surface area contributed by atoms with E-state index in [1.165, 1.54) is 51.4 Å². The van der Waals surface area contributed by atoms with Crippen LogP contribution in [0, 0.1) is 5.92 Å². The van der Waals surface area contributed by atoms with Gasteiger partial charge in [0, 0.05) is 33.3 Å². The van der Waals surface area contributed by atoms with E-state index in [2.05, 4.69) is 15.2 Å². The van der Waals surface area contributed by atoms with Crippen molar-refractivity contribution in [2.45, 2.75) is 82.8 Å². The van der Waals surface area contributed by atoms with E-state index >= 15 is 0 Å². The second-order valence-electron chi connectivity index (χ2n) is 8.28. The summed E-state index contributed by atoms with van der Waals surface area (Å²) in [5, 5.41) is 3.57. The van der Waals surface area contributed by atoms with E-state index in [0.717, 1.165) is 64.0 Å². The topological polar surface area (TPSA) is 46.1 Å². The minimum atomic E-state index is 0. The highest BCUT2D eigenvalue weighted by atomic mass is 127. The molecule has 1 saturated carbocycles. The summed E-state index contributed by atoms with van der Waals surface area (Å²) in [5.41, 5.74) is 0. The smallest absolute Gasteiger partial charge is 0.193 e. The van der Waals surface area contributed by atoms with Gasteiger partial charge in [-0.1, -0.05) is 38.5 Å². The van der Waals surface area contributed by atoms with Crippen LogP contribution in [-0.2, 0) is 9.47 Å². The van der Waals surface area contributed by atoms with E-state index in [0.29, 0.717) is 12.2 Å². The molecule has 3 rings (SSSR count). The van der Waals surface area contributed by atoms with Gasteiger partial charge in [-0.15, -0.1) is 24.0 Å². The Hall–Kier alpha value is -0.0800. The van der Waals surface area contributed by atoms with Gasteiger partial charge in [-0.2, -0.15) is 0 Å². The first kappa shape index (κ1) is 23.2. The molecule has 1 aliphatic carbocycles. The first-order valence-electron chi connectivity index (χ1n) is 11.0. The fourth-order valence-corrected chi connectivity index (χ4v) is 4.64. The minimum absolute atomic E-state index is 0. The highest BCUT2D eigenvalue weighted by molar-refractivity contribution is 14.0. The Morgan fingerprint density at radius 2 is 1.85 bits per heavy atom. The molecule has 5 nitrogen and oxygen atoms in total. The molecule has 2 heterocycles. The molecule has 1 unspecified atom stereocenters. The van der Waals surface area contributed by atoms with Crippen LogP contribution in [0.2, 0.25) is 0 Å². The summed E-state index contributed by atoms with van der Waals surface area (Å²) in [4.78, 5) is 6.88. The van der Waals surface area contributed by atoms with Crippen molar-refractivity contribution in [1.82, 2.24) is 10.2 Å². The van der Waals surface area contributed by atoms with Gasteiger partial charge in [-0.05, 0) is 38.0 Å². The molecule has 3 fully saturated rings. The number of ether oxygens (including phenoxy) is 2. The normalized spacial score (nSPS) is 25.0. The van der Waals surface area contributed by atoms with E-state index in [1.807, 2.05) is 7.05 Å². The van der Waals surface area contributed by atoms with Crippen molar-refractivity contribution in [3.63, 3.8) is 0 Å². The highest BCUT2D eigenvalue weighted by Crippen LogP contribution is 2.28. The molecule has 0 bridgehead atoms. The van der Waals surface area contributed by atoms with Crippen LogP contribution in [-0.4, -0.2) is 63.0 Å². The average Bonchev–Trinajstić information content (AvgIpc) is 3.37. The third kappa shape index (κ3) is 8.05. The van der Waals surface area contributed by atoms with Gasteiger partial charge >= 0.3 is 0 Å². The fraction of sp³-hybridized carbons (Fsp3) is 0.952. The van der Waals surface area contributed by atoms with Crippen LogP contribution in [0.25, 0.3) is 0 Å². The Kier molecular flexibility index (Phi) is 11.3. The molecule has 0 amide bonds. The van der Waals surface area contributed by atoms with Gasteiger partial charge in [0.2, 0.25) is 0 Å². The van der Waals surface area contributed by atoms with Crippen molar-refractivity contribution < 1.29 is 9.47 Å². The second kappa shape index (κ2) is 13.2. The molecule has 0 aromatic rings. The third-order valence-electron chi connectivity index (χ3n) is 6.29. The molecule has 0 aromatic heterocycles. The van der Waals surface area contributed by atoms with Gasteiger partial charge in [0.05, 0.1) is 18.8 Å². The number of hydrogen-bond acceptors (Lipinski definition) is 3. The van der Waals surface area contributed by atoms with Crippen molar-refractivity contribution >= 4 is 29.9 Å². The zero-order chi connectivity index (χ0) is 18.0. The number of halogens is 1. The molecule has 6 heteroatoms. The summed E-state index contributed by atoms with van der Waals surface area (Å²) in [6.45, 7) is 4.82. The summed E-state index contributed by atoms with van der Waals surface area (Å²) < 4.78 is 11.7. The monoisotopic (exact) mass is 493 g/mol. The first-order valence-corrected chi connectivity index (χ1v) is 11.0. The van der Waals surface area contributed by atoms with Gasteiger partial charge in [0.1, 0.15) is 0 Å². The molecule has 1 atom stereocenters. The standard InChI is InChI=1S/C21H39N3O2.HI/c1-22-21(23-13-5-4-9-18-7-2-3-8-18)24-14-11-19(12-15-24)26-17-20-10-6-16-25-20;/h18-20H,2-17H2,1H3,(H,22,23);1H. The molecule has 0 radical (unpaired) electrons. The van der Waals surface area contributed by atoms with E-state index in [4.69, 9.17) is 9.47 Å². The predicted molar refractivity (Wildman–Crippen MR) is 122 cm³/mol. The predicted octanol–water partition coefficient (Wildman–Crippen LogP) is 4.20. The van der Waals surface area contributed by atoms with Crippen LogP contribution < -0.4 is 5.32 Å². The van der Waals surface area contributed by atoms with Crippen molar-refractivity contribution in [3.05, 3.63) is 0 Å². The SMILES string of the molecule is CN=C(NCCCCC1CCCC1)N1CCC(OCC2CCCO2)CC1.I. The molecule has 0 aromatic carbocycles. The first-order chi connectivity index (χ1) is 12.8. The average molecular weight is 493 g/mol. The molecular weight excluding hydrogens is 453 g/mol.